The van der Waals surface area contributed by atoms with E-state index in [1.807, 2.05) is 0 Å². The number of ether oxygens (including phenoxy) is 1. The Morgan fingerprint density at radius 2 is 1.95 bits per heavy atom. The molecular weight excluding hydrogens is 339 g/mol. The summed E-state index contributed by atoms with van der Waals surface area (Å²) in [6.45, 7) is -0.256. The van der Waals surface area contributed by atoms with Gasteiger partial charge in [-0.05, 0) is 42.5 Å². The van der Waals surface area contributed by atoms with Crippen molar-refractivity contribution in [2.24, 2.45) is 0 Å². The van der Waals surface area contributed by atoms with E-state index in [4.69, 9.17) is 10.5 Å². The van der Waals surface area contributed by atoms with Gasteiger partial charge < -0.3 is 15.4 Å². The summed E-state index contributed by atoms with van der Waals surface area (Å²) in [4.78, 5) is 13.5. The van der Waals surface area contributed by atoms with E-state index in [2.05, 4.69) is 15.9 Å². The Kier molecular flexibility index (Phi) is 4.80. The Hall–Kier alpha value is -2.08. The Balaban J connectivity index is 2.01. The standard InChI is InChI=1S/C15H14BrFN2O2/c1-19(12-5-3-11(18)4-6-12)15(20)9-21-14-8-10(16)2-7-13(14)17/h2-8H,9,18H2,1H3. The molecule has 0 bridgehead atoms. The molecule has 0 aliphatic carbocycles. The van der Waals surface area contributed by atoms with Gasteiger partial charge in [-0.1, -0.05) is 15.9 Å². The van der Waals surface area contributed by atoms with Crippen LogP contribution in [0, 0.1) is 5.82 Å². The minimum Gasteiger partial charge on any atom is -0.481 e. The van der Waals surface area contributed by atoms with Gasteiger partial charge >= 0.3 is 0 Å². The van der Waals surface area contributed by atoms with Crippen molar-refractivity contribution < 1.29 is 13.9 Å². The molecule has 6 heteroatoms. The molecular formula is C15H14BrFN2O2. The van der Waals surface area contributed by atoms with E-state index >= 15 is 0 Å². The van der Waals surface area contributed by atoms with Crippen LogP contribution in [0.15, 0.2) is 46.9 Å². The molecule has 2 aromatic carbocycles. The summed E-state index contributed by atoms with van der Waals surface area (Å²) < 4.78 is 19.4. The number of hydrogen-bond donors (Lipinski definition) is 1. The van der Waals surface area contributed by atoms with Crippen molar-refractivity contribution >= 4 is 33.2 Å². The number of likely N-dealkylation sites (N-methyl/N-ethyl adjacent to an activating group) is 1. The third kappa shape index (κ3) is 3.95. The van der Waals surface area contributed by atoms with E-state index in [0.717, 1.165) is 0 Å². The third-order valence-electron chi connectivity index (χ3n) is 2.90. The molecule has 21 heavy (non-hydrogen) atoms. The predicted octanol–water partition coefficient (Wildman–Crippen LogP) is 3.21. The van der Waals surface area contributed by atoms with Crippen LogP contribution in [0.25, 0.3) is 0 Å². The van der Waals surface area contributed by atoms with Crippen molar-refractivity contribution in [2.75, 3.05) is 24.3 Å². The number of carbonyl (C=O) groups excluding carboxylic acids is 1. The number of nitrogens with two attached hydrogens (primary N) is 1. The largest absolute Gasteiger partial charge is 0.481 e. The maximum atomic E-state index is 13.5. The van der Waals surface area contributed by atoms with Crippen LogP contribution in [-0.4, -0.2) is 19.6 Å². The zero-order chi connectivity index (χ0) is 15.4. The number of nitrogens with zero attached hydrogens (tertiary/aromatic N) is 1. The van der Waals surface area contributed by atoms with Crippen LogP contribution in [0.5, 0.6) is 5.75 Å². The zero-order valence-corrected chi connectivity index (χ0v) is 12.9. The van der Waals surface area contributed by atoms with Crippen LogP contribution in [0.3, 0.4) is 0 Å². The summed E-state index contributed by atoms with van der Waals surface area (Å²) in [5.74, 6) is -0.774. The Bertz CT molecular complexity index is 647. The lowest BCUT2D eigenvalue weighted by Gasteiger charge is -2.18. The van der Waals surface area contributed by atoms with Crippen LogP contribution in [0.1, 0.15) is 0 Å². The number of nitrogen functional groups attached to an aromatic ring is 1. The topological polar surface area (TPSA) is 55.6 Å². The monoisotopic (exact) mass is 352 g/mol. The average molecular weight is 353 g/mol. The summed E-state index contributed by atoms with van der Waals surface area (Å²) >= 11 is 3.22. The lowest BCUT2D eigenvalue weighted by molar-refractivity contribution is -0.120. The minimum atomic E-state index is -0.513. The first-order valence-corrected chi connectivity index (χ1v) is 6.96. The van der Waals surface area contributed by atoms with Gasteiger partial charge in [0.25, 0.3) is 5.91 Å². The Labute approximate surface area is 130 Å². The molecule has 0 fully saturated rings. The third-order valence-corrected chi connectivity index (χ3v) is 3.39. The van der Waals surface area contributed by atoms with Crippen molar-refractivity contribution in [3.8, 4) is 5.75 Å². The molecule has 0 unspecified atom stereocenters. The second-order valence-corrected chi connectivity index (χ2v) is 5.32. The molecule has 0 aromatic heterocycles. The molecule has 2 rings (SSSR count). The van der Waals surface area contributed by atoms with Gasteiger partial charge in [-0.3, -0.25) is 4.79 Å². The van der Waals surface area contributed by atoms with Crippen LogP contribution in [0.4, 0.5) is 15.8 Å². The van der Waals surface area contributed by atoms with Crippen LogP contribution in [-0.2, 0) is 4.79 Å². The van der Waals surface area contributed by atoms with Crippen molar-refractivity contribution in [1.29, 1.82) is 0 Å². The van der Waals surface area contributed by atoms with Gasteiger partial charge in [0.1, 0.15) is 0 Å². The first-order chi connectivity index (χ1) is 9.97. The highest BCUT2D eigenvalue weighted by atomic mass is 79.9. The van der Waals surface area contributed by atoms with Crippen molar-refractivity contribution in [3.05, 3.63) is 52.8 Å². The second kappa shape index (κ2) is 6.58. The molecule has 4 nitrogen and oxygen atoms in total. The summed E-state index contributed by atoms with van der Waals surface area (Å²) in [6, 6.07) is 11.2. The molecule has 1 amide bonds. The van der Waals surface area contributed by atoms with Gasteiger partial charge in [-0.15, -0.1) is 0 Å². The van der Waals surface area contributed by atoms with E-state index in [9.17, 15) is 9.18 Å². The van der Waals surface area contributed by atoms with Crippen molar-refractivity contribution in [1.82, 2.24) is 0 Å². The lowest BCUT2D eigenvalue weighted by Crippen LogP contribution is -2.31. The zero-order valence-electron chi connectivity index (χ0n) is 11.3. The van der Waals surface area contributed by atoms with Gasteiger partial charge in [0.05, 0.1) is 0 Å². The van der Waals surface area contributed by atoms with Crippen molar-refractivity contribution in [3.63, 3.8) is 0 Å². The van der Waals surface area contributed by atoms with Gasteiger partial charge in [0.2, 0.25) is 0 Å². The smallest absolute Gasteiger partial charge is 0.264 e. The summed E-state index contributed by atoms with van der Waals surface area (Å²) in [6.07, 6.45) is 0. The SMILES string of the molecule is CN(C(=O)COc1cc(Br)ccc1F)c1ccc(N)cc1. The van der Waals surface area contributed by atoms with Gasteiger partial charge in [0, 0.05) is 22.9 Å². The fraction of sp³-hybridized carbons (Fsp3) is 0.133. The number of hydrogen-bond acceptors (Lipinski definition) is 3. The molecule has 0 radical (unpaired) electrons. The minimum absolute atomic E-state index is 0.0310. The highest BCUT2D eigenvalue weighted by Crippen LogP contribution is 2.22. The van der Waals surface area contributed by atoms with E-state index in [-0.39, 0.29) is 18.3 Å². The fourth-order valence-corrected chi connectivity index (χ4v) is 2.01. The predicted molar refractivity (Wildman–Crippen MR) is 83.9 cm³/mol. The summed E-state index contributed by atoms with van der Waals surface area (Å²) in [7, 11) is 1.62. The van der Waals surface area contributed by atoms with Gasteiger partial charge in [0.15, 0.2) is 18.2 Å². The number of benzene rings is 2. The lowest BCUT2D eigenvalue weighted by atomic mass is 10.2. The van der Waals surface area contributed by atoms with E-state index in [0.29, 0.717) is 15.8 Å². The van der Waals surface area contributed by atoms with E-state index < -0.39 is 5.82 Å². The molecule has 110 valence electrons. The molecule has 2 aromatic rings. The van der Waals surface area contributed by atoms with Crippen molar-refractivity contribution in [2.45, 2.75) is 0 Å². The molecule has 0 aliphatic heterocycles. The number of amides is 1. The number of halogens is 2. The van der Waals surface area contributed by atoms with Crippen LogP contribution < -0.4 is 15.4 Å². The Morgan fingerprint density at radius 3 is 2.62 bits per heavy atom. The molecule has 0 atom stereocenters. The number of rotatable bonds is 4. The van der Waals surface area contributed by atoms with E-state index in [1.165, 1.54) is 17.0 Å². The average Bonchev–Trinajstić information content (AvgIpc) is 2.48. The molecule has 0 spiro atoms. The normalized spacial score (nSPS) is 10.2. The molecule has 2 N–H and O–H groups in total. The van der Waals surface area contributed by atoms with Gasteiger partial charge in [-0.25, -0.2) is 4.39 Å². The first kappa shape index (κ1) is 15.3. The number of anilines is 2. The quantitative estimate of drug-likeness (QED) is 0.859. The van der Waals surface area contributed by atoms with E-state index in [1.54, 1.807) is 37.4 Å². The fourth-order valence-electron chi connectivity index (χ4n) is 1.67. The van der Waals surface area contributed by atoms with Gasteiger partial charge in [-0.2, -0.15) is 0 Å². The second-order valence-electron chi connectivity index (χ2n) is 4.41. The van der Waals surface area contributed by atoms with Crippen LogP contribution >= 0.6 is 15.9 Å². The molecule has 0 aliphatic rings. The Morgan fingerprint density at radius 1 is 1.29 bits per heavy atom. The number of carbonyl (C=O) groups is 1. The molecule has 0 saturated carbocycles. The maximum Gasteiger partial charge on any atom is 0.264 e. The first-order valence-electron chi connectivity index (χ1n) is 6.17. The summed E-state index contributed by atoms with van der Waals surface area (Å²) in [5, 5.41) is 0. The van der Waals surface area contributed by atoms with Crippen LogP contribution in [0.2, 0.25) is 0 Å². The summed E-state index contributed by atoms with van der Waals surface area (Å²) in [5.41, 5.74) is 6.90. The molecule has 0 saturated heterocycles. The highest BCUT2D eigenvalue weighted by molar-refractivity contribution is 9.10. The maximum absolute atomic E-state index is 13.5. The molecule has 0 heterocycles. The highest BCUT2D eigenvalue weighted by Gasteiger charge is 2.13.